The lowest BCUT2D eigenvalue weighted by Gasteiger charge is -1.87. The zero-order valence-corrected chi connectivity index (χ0v) is 5.07. The minimum atomic E-state index is 0.875. The van der Waals surface area contributed by atoms with Crippen LogP contribution >= 0.6 is 0 Å². The van der Waals surface area contributed by atoms with E-state index in [9.17, 15) is 0 Å². The second kappa shape index (κ2) is 1.36. The molecule has 1 aliphatic carbocycles. The molecule has 0 aromatic heterocycles. The van der Waals surface area contributed by atoms with Crippen LogP contribution in [-0.4, -0.2) is 0 Å². The van der Waals surface area contributed by atoms with Gasteiger partial charge < -0.3 is 0 Å². The number of allylic oxidation sites excluding steroid dienone is 1. The van der Waals surface area contributed by atoms with Crippen molar-refractivity contribution in [2.24, 2.45) is 11.8 Å². The van der Waals surface area contributed by atoms with Crippen molar-refractivity contribution < 1.29 is 0 Å². The molecule has 0 bridgehead atoms. The third-order valence-corrected chi connectivity index (χ3v) is 1.74. The van der Waals surface area contributed by atoms with Crippen molar-refractivity contribution in [3.63, 3.8) is 0 Å². The van der Waals surface area contributed by atoms with Gasteiger partial charge in [-0.25, -0.2) is 0 Å². The maximum atomic E-state index is 3.87. The summed E-state index contributed by atoms with van der Waals surface area (Å²) in [7, 11) is 0. The van der Waals surface area contributed by atoms with Gasteiger partial charge in [0.2, 0.25) is 0 Å². The predicted molar refractivity (Wildman–Crippen MR) is 32.1 cm³/mol. The summed E-state index contributed by atoms with van der Waals surface area (Å²) in [5.41, 5.74) is 1.37. The Hall–Kier alpha value is -0.260. The maximum absolute atomic E-state index is 3.87. The highest BCUT2D eigenvalue weighted by atomic mass is 14.4. The molecule has 40 valence electrons. The zero-order chi connectivity index (χ0) is 5.44. The molecule has 0 radical (unpaired) electrons. The van der Waals surface area contributed by atoms with Crippen LogP contribution in [0.15, 0.2) is 12.2 Å². The zero-order valence-electron chi connectivity index (χ0n) is 5.07. The van der Waals surface area contributed by atoms with Crippen molar-refractivity contribution in [1.82, 2.24) is 0 Å². The Morgan fingerprint density at radius 1 is 1.71 bits per heavy atom. The molecule has 0 amide bonds. The molecular weight excluding hydrogens is 84.1 g/mol. The van der Waals surface area contributed by atoms with Gasteiger partial charge in [0.25, 0.3) is 0 Å². The van der Waals surface area contributed by atoms with E-state index in [-0.39, 0.29) is 0 Å². The van der Waals surface area contributed by atoms with E-state index in [2.05, 4.69) is 20.4 Å². The van der Waals surface area contributed by atoms with Crippen LogP contribution in [0.4, 0.5) is 0 Å². The van der Waals surface area contributed by atoms with E-state index >= 15 is 0 Å². The molecule has 2 atom stereocenters. The van der Waals surface area contributed by atoms with Gasteiger partial charge in [-0.15, -0.1) is 0 Å². The van der Waals surface area contributed by atoms with E-state index in [1.165, 1.54) is 12.0 Å². The Morgan fingerprint density at radius 2 is 2.14 bits per heavy atom. The van der Waals surface area contributed by atoms with Crippen LogP contribution in [0.1, 0.15) is 20.3 Å². The smallest absolute Gasteiger partial charge is 0.0180 e. The molecule has 0 saturated heterocycles. The van der Waals surface area contributed by atoms with Crippen LogP contribution in [0, 0.1) is 11.8 Å². The first-order chi connectivity index (χ1) is 3.22. The van der Waals surface area contributed by atoms with E-state index in [0.29, 0.717) is 0 Å². The van der Waals surface area contributed by atoms with Gasteiger partial charge in [0.1, 0.15) is 0 Å². The summed E-state index contributed by atoms with van der Waals surface area (Å²) in [6.07, 6.45) is 1.38. The quantitative estimate of drug-likeness (QED) is 0.439. The van der Waals surface area contributed by atoms with E-state index in [1.54, 1.807) is 0 Å². The van der Waals surface area contributed by atoms with Gasteiger partial charge >= 0.3 is 0 Å². The minimum absolute atomic E-state index is 0.875. The molecule has 0 heterocycles. The van der Waals surface area contributed by atoms with Crippen LogP contribution < -0.4 is 0 Å². The molecule has 0 aromatic carbocycles. The van der Waals surface area contributed by atoms with Crippen molar-refractivity contribution in [2.75, 3.05) is 0 Å². The first-order valence-corrected chi connectivity index (χ1v) is 2.87. The van der Waals surface area contributed by atoms with E-state index in [1.807, 2.05) is 0 Å². The van der Waals surface area contributed by atoms with Crippen LogP contribution in [0.2, 0.25) is 0 Å². The average molecular weight is 96.2 g/mol. The lowest BCUT2D eigenvalue weighted by atomic mass is 10.2. The van der Waals surface area contributed by atoms with E-state index < -0.39 is 0 Å². The second-order valence-electron chi connectivity index (χ2n) is 2.67. The van der Waals surface area contributed by atoms with Gasteiger partial charge in [-0.05, 0) is 25.2 Å². The molecule has 0 N–H and O–H groups in total. The predicted octanol–water partition coefficient (Wildman–Crippen LogP) is 2.22. The van der Waals surface area contributed by atoms with Gasteiger partial charge in [-0.2, -0.15) is 0 Å². The van der Waals surface area contributed by atoms with Crippen LogP contribution in [-0.2, 0) is 0 Å². The Morgan fingerprint density at radius 3 is 2.14 bits per heavy atom. The summed E-state index contributed by atoms with van der Waals surface area (Å²) < 4.78 is 0. The molecule has 0 aliphatic heterocycles. The van der Waals surface area contributed by atoms with E-state index in [0.717, 1.165) is 11.8 Å². The summed E-state index contributed by atoms with van der Waals surface area (Å²) in [5, 5.41) is 0. The summed E-state index contributed by atoms with van der Waals surface area (Å²) in [5.74, 6) is 1.82. The Balaban J connectivity index is 2.33. The van der Waals surface area contributed by atoms with Gasteiger partial charge in [0.15, 0.2) is 0 Å². The lowest BCUT2D eigenvalue weighted by Crippen LogP contribution is -1.75. The molecule has 2 unspecified atom stereocenters. The number of rotatable bonds is 1. The molecule has 0 spiro atoms. The average Bonchev–Trinajstić information content (AvgIpc) is 2.17. The van der Waals surface area contributed by atoms with Crippen LogP contribution in [0.3, 0.4) is 0 Å². The molecule has 0 aromatic rings. The molecule has 1 aliphatic rings. The molecule has 7 heavy (non-hydrogen) atoms. The Bertz CT molecular complexity index is 92.2. The standard InChI is InChI=1S/C7H12/c1-5(2)7-4-6(7)3/h6-7H,1,4H2,2-3H3. The Labute approximate surface area is 45.2 Å². The second-order valence-corrected chi connectivity index (χ2v) is 2.67. The highest BCUT2D eigenvalue weighted by molar-refractivity contribution is 5.07. The van der Waals surface area contributed by atoms with Crippen LogP contribution in [0.25, 0.3) is 0 Å². The molecule has 0 heteroatoms. The van der Waals surface area contributed by atoms with Crippen molar-refractivity contribution in [1.29, 1.82) is 0 Å². The van der Waals surface area contributed by atoms with Gasteiger partial charge in [-0.1, -0.05) is 19.1 Å². The summed E-state index contributed by atoms with van der Waals surface area (Å²) in [6, 6.07) is 0. The first kappa shape index (κ1) is 4.89. The van der Waals surface area contributed by atoms with E-state index in [4.69, 9.17) is 0 Å². The van der Waals surface area contributed by atoms with Crippen molar-refractivity contribution in [3.05, 3.63) is 12.2 Å². The monoisotopic (exact) mass is 96.1 g/mol. The number of hydrogen-bond acceptors (Lipinski definition) is 0. The molecule has 1 rings (SSSR count). The third kappa shape index (κ3) is 0.846. The molecular formula is C7H12. The van der Waals surface area contributed by atoms with Crippen molar-refractivity contribution in [2.45, 2.75) is 20.3 Å². The van der Waals surface area contributed by atoms with Gasteiger partial charge in [0, 0.05) is 0 Å². The summed E-state index contributed by atoms with van der Waals surface area (Å²) in [4.78, 5) is 0. The van der Waals surface area contributed by atoms with Crippen molar-refractivity contribution >= 4 is 0 Å². The maximum Gasteiger partial charge on any atom is -0.0180 e. The largest absolute Gasteiger partial charge is 0.0999 e. The van der Waals surface area contributed by atoms with Gasteiger partial charge in [-0.3, -0.25) is 0 Å². The number of hydrogen-bond donors (Lipinski definition) is 0. The lowest BCUT2D eigenvalue weighted by molar-refractivity contribution is 0.859. The first-order valence-electron chi connectivity index (χ1n) is 2.87. The highest BCUT2D eigenvalue weighted by Gasteiger charge is 2.32. The molecule has 0 nitrogen and oxygen atoms in total. The SMILES string of the molecule is C=C(C)C1CC1C. The Kier molecular flexibility index (Phi) is 0.949. The molecule has 1 fully saturated rings. The third-order valence-electron chi connectivity index (χ3n) is 1.74. The minimum Gasteiger partial charge on any atom is -0.0999 e. The normalized spacial score (nSPS) is 38.0. The summed E-state index contributed by atoms with van der Waals surface area (Å²) >= 11 is 0. The fourth-order valence-corrected chi connectivity index (χ4v) is 1.01. The topological polar surface area (TPSA) is 0 Å². The van der Waals surface area contributed by atoms with Gasteiger partial charge in [0.05, 0.1) is 0 Å². The fourth-order valence-electron chi connectivity index (χ4n) is 1.01. The highest BCUT2D eigenvalue weighted by Crippen LogP contribution is 2.42. The van der Waals surface area contributed by atoms with Crippen molar-refractivity contribution in [3.8, 4) is 0 Å². The fraction of sp³-hybridized carbons (Fsp3) is 0.714. The molecule has 1 saturated carbocycles. The van der Waals surface area contributed by atoms with Crippen LogP contribution in [0.5, 0.6) is 0 Å². The summed E-state index contributed by atoms with van der Waals surface area (Å²) in [6.45, 7) is 8.26.